The zero-order valence-electron chi connectivity index (χ0n) is 18.9. The lowest BCUT2D eigenvalue weighted by Gasteiger charge is -2.36. The largest absolute Gasteiger partial charge is 0.361 e. The van der Waals surface area contributed by atoms with Crippen molar-refractivity contribution in [3.05, 3.63) is 58.7 Å². The second-order valence-corrected chi connectivity index (χ2v) is 8.93. The fourth-order valence-electron chi connectivity index (χ4n) is 3.64. The van der Waals surface area contributed by atoms with E-state index in [9.17, 15) is 0 Å². The lowest BCUT2D eigenvalue weighted by Crippen LogP contribution is -2.51. The van der Waals surface area contributed by atoms with E-state index in [4.69, 9.17) is 24.4 Å². The molecule has 0 aliphatic carbocycles. The molecule has 0 radical (unpaired) electrons. The number of aryl methyl sites for hydroxylation is 2. The first-order valence-electron chi connectivity index (χ1n) is 10.8. The summed E-state index contributed by atoms with van der Waals surface area (Å²) in [6, 6.07) is 12.5. The Morgan fingerprint density at radius 2 is 1.35 bits per heavy atom. The van der Waals surface area contributed by atoms with E-state index < -0.39 is 0 Å². The average molecular weight is 456 g/mol. The van der Waals surface area contributed by atoms with E-state index in [1.54, 1.807) is 0 Å². The molecular formula is C24H33N5S2. The zero-order valence-corrected chi connectivity index (χ0v) is 20.6. The van der Waals surface area contributed by atoms with Crippen LogP contribution in [0.1, 0.15) is 22.3 Å². The van der Waals surface area contributed by atoms with Crippen molar-refractivity contribution in [3.8, 4) is 0 Å². The van der Waals surface area contributed by atoms with Crippen LogP contribution in [0.2, 0.25) is 0 Å². The maximum atomic E-state index is 5.66. The first-order valence-corrected chi connectivity index (χ1v) is 11.6. The third-order valence-electron chi connectivity index (χ3n) is 6.07. The van der Waals surface area contributed by atoms with Crippen molar-refractivity contribution in [2.24, 2.45) is 0 Å². The Labute approximate surface area is 197 Å². The van der Waals surface area contributed by atoms with Gasteiger partial charge in [0.2, 0.25) is 0 Å². The normalized spacial score (nSPS) is 14.3. The molecule has 2 aromatic carbocycles. The van der Waals surface area contributed by atoms with Crippen LogP contribution in [-0.2, 0) is 0 Å². The highest BCUT2D eigenvalue weighted by Gasteiger charge is 2.19. The molecule has 0 amide bonds. The van der Waals surface area contributed by atoms with E-state index >= 15 is 0 Å². The lowest BCUT2D eigenvalue weighted by atomic mass is 10.1. The highest BCUT2D eigenvalue weighted by Crippen LogP contribution is 2.19. The van der Waals surface area contributed by atoms with Gasteiger partial charge in [-0.25, -0.2) is 0 Å². The molecule has 31 heavy (non-hydrogen) atoms. The molecular weight excluding hydrogens is 422 g/mol. The topological polar surface area (TPSA) is 42.6 Å². The van der Waals surface area contributed by atoms with Crippen LogP contribution in [0.4, 0.5) is 11.4 Å². The van der Waals surface area contributed by atoms with E-state index in [0.29, 0.717) is 5.11 Å². The molecule has 5 nitrogen and oxygen atoms in total. The van der Waals surface area contributed by atoms with Gasteiger partial charge in [-0.15, -0.1) is 0 Å². The van der Waals surface area contributed by atoms with Gasteiger partial charge in [0.25, 0.3) is 0 Å². The predicted octanol–water partition coefficient (Wildman–Crippen LogP) is 4.22. The van der Waals surface area contributed by atoms with E-state index in [2.05, 4.69) is 83.8 Å². The summed E-state index contributed by atoms with van der Waals surface area (Å²) in [5, 5.41) is 11.6. The van der Waals surface area contributed by atoms with Crippen LogP contribution < -0.4 is 16.0 Å². The number of thiocarbonyl (C=S) groups is 2. The Bertz CT molecular complexity index is 933. The lowest BCUT2D eigenvalue weighted by molar-refractivity contribution is 0.186. The summed E-state index contributed by atoms with van der Waals surface area (Å²) in [6.45, 7) is 14.1. The highest BCUT2D eigenvalue weighted by molar-refractivity contribution is 7.80. The predicted molar refractivity (Wildman–Crippen MR) is 140 cm³/mol. The molecule has 0 aromatic heterocycles. The number of hydrogen-bond acceptors (Lipinski definition) is 3. The molecule has 0 unspecified atom stereocenters. The maximum Gasteiger partial charge on any atom is 0.173 e. The number of anilines is 2. The SMILES string of the molecule is Cc1cccc(NC(=S)NCCN2CCN(C(=S)Nc3cccc(C)c3C)CC2)c1C. The summed E-state index contributed by atoms with van der Waals surface area (Å²) < 4.78 is 0. The van der Waals surface area contributed by atoms with Gasteiger partial charge in [-0.3, -0.25) is 4.90 Å². The Kier molecular flexibility index (Phi) is 8.23. The molecule has 1 aliphatic rings. The molecule has 1 saturated heterocycles. The number of nitrogens with zero attached hydrogens (tertiary/aromatic N) is 2. The molecule has 0 saturated carbocycles. The zero-order chi connectivity index (χ0) is 22.4. The van der Waals surface area contributed by atoms with Crippen LogP contribution in [0.3, 0.4) is 0 Å². The minimum atomic E-state index is 0.672. The Hall–Kier alpha value is -2.22. The third-order valence-corrected chi connectivity index (χ3v) is 6.68. The molecule has 7 heteroatoms. The Morgan fingerprint density at radius 3 is 1.94 bits per heavy atom. The summed E-state index contributed by atoms with van der Waals surface area (Å²) >= 11 is 11.1. The van der Waals surface area contributed by atoms with Crippen molar-refractivity contribution >= 4 is 46.0 Å². The molecule has 1 fully saturated rings. The molecule has 2 aromatic rings. The third kappa shape index (κ3) is 6.38. The molecule has 0 bridgehead atoms. The summed E-state index contributed by atoms with van der Waals surface area (Å²) in [7, 11) is 0. The first-order chi connectivity index (χ1) is 14.8. The van der Waals surface area contributed by atoms with Crippen LogP contribution in [-0.4, -0.2) is 59.3 Å². The summed E-state index contributed by atoms with van der Waals surface area (Å²) in [4.78, 5) is 4.71. The number of rotatable bonds is 5. The molecule has 1 aliphatic heterocycles. The second-order valence-electron chi connectivity index (χ2n) is 8.13. The first kappa shape index (κ1) is 23.4. The van der Waals surface area contributed by atoms with Gasteiger partial charge in [0.1, 0.15) is 0 Å². The van der Waals surface area contributed by atoms with E-state index in [1.807, 2.05) is 6.07 Å². The quantitative estimate of drug-likeness (QED) is 0.583. The minimum Gasteiger partial charge on any atom is -0.361 e. The average Bonchev–Trinajstić information content (AvgIpc) is 2.75. The van der Waals surface area contributed by atoms with Gasteiger partial charge in [-0.1, -0.05) is 24.3 Å². The van der Waals surface area contributed by atoms with Crippen molar-refractivity contribution in [1.29, 1.82) is 0 Å². The van der Waals surface area contributed by atoms with E-state index in [0.717, 1.165) is 55.8 Å². The van der Waals surface area contributed by atoms with Crippen molar-refractivity contribution < 1.29 is 0 Å². The smallest absolute Gasteiger partial charge is 0.173 e. The van der Waals surface area contributed by atoms with Crippen molar-refractivity contribution in [2.45, 2.75) is 27.7 Å². The maximum absolute atomic E-state index is 5.66. The Balaban J connectivity index is 1.38. The standard InChI is InChI=1S/C24H33N5S2/c1-17-7-5-9-21(19(17)3)26-23(30)25-11-12-28-13-15-29(16-14-28)24(31)27-22-10-6-8-18(2)20(22)4/h5-10H,11-16H2,1-4H3,(H,27,31)(H2,25,26,30). The van der Waals surface area contributed by atoms with Crippen LogP contribution in [0.25, 0.3) is 0 Å². The van der Waals surface area contributed by atoms with Gasteiger partial charge in [0, 0.05) is 50.6 Å². The summed E-state index contributed by atoms with van der Waals surface area (Å²) in [6.07, 6.45) is 0. The summed E-state index contributed by atoms with van der Waals surface area (Å²) in [5.41, 5.74) is 7.18. The van der Waals surface area contributed by atoms with Crippen LogP contribution in [0.15, 0.2) is 36.4 Å². The van der Waals surface area contributed by atoms with E-state index in [1.165, 1.54) is 22.3 Å². The number of benzene rings is 2. The van der Waals surface area contributed by atoms with Gasteiger partial charge in [-0.2, -0.15) is 0 Å². The summed E-state index contributed by atoms with van der Waals surface area (Å²) in [5.74, 6) is 0. The van der Waals surface area contributed by atoms with Crippen LogP contribution >= 0.6 is 24.4 Å². The fourth-order valence-corrected chi connectivity index (χ4v) is 4.14. The fraction of sp³-hybridized carbons (Fsp3) is 0.417. The van der Waals surface area contributed by atoms with Gasteiger partial charge >= 0.3 is 0 Å². The number of nitrogens with one attached hydrogen (secondary N) is 3. The molecule has 166 valence electrons. The van der Waals surface area contributed by atoms with Crippen molar-refractivity contribution in [1.82, 2.24) is 15.1 Å². The monoisotopic (exact) mass is 455 g/mol. The highest BCUT2D eigenvalue weighted by atomic mass is 32.1. The van der Waals surface area contributed by atoms with Crippen LogP contribution in [0, 0.1) is 27.7 Å². The van der Waals surface area contributed by atoms with Gasteiger partial charge in [-0.05, 0) is 86.5 Å². The van der Waals surface area contributed by atoms with E-state index in [-0.39, 0.29) is 0 Å². The van der Waals surface area contributed by atoms with Crippen LogP contribution in [0.5, 0.6) is 0 Å². The minimum absolute atomic E-state index is 0.672. The van der Waals surface area contributed by atoms with Gasteiger partial charge < -0.3 is 20.9 Å². The Morgan fingerprint density at radius 1 is 0.806 bits per heavy atom. The number of piperazine rings is 1. The van der Waals surface area contributed by atoms with Crippen molar-refractivity contribution in [2.75, 3.05) is 49.9 Å². The second kappa shape index (κ2) is 10.9. The molecule has 3 rings (SSSR count). The number of hydrogen-bond donors (Lipinski definition) is 3. The molecule has 0 atom stereocenters. The molecule has 3 N–H and O–H groups in total. The van der Waals surface area contributed by atoms with Crippen molar-refractivity contribution in [3.63, 3.8) is 0 Å². The van der Waals surface area contributed by atoms with Gasteiger partial charge in [0.05, 0.1) is 0 Å². The van der Waals surface area contributed by atoms with Gasteiger partial charge in [0.15, 0.2) is 10.2 Å². The molecule has 0 spiro atoms. The molecule has 1 heterocycles.